The number of likely N-dealkylation sites (N-methyl/N-ethyl adjacent to an activating group) is 1. The summed E-state index contributed by atoms with van der Waals surface area (Å²) in [4.78, 5) is 22.3. The maximum atomic E-state index is 11.4. The van der Waals surface area contributed by atoms with E-state index in [0.717, 1.165) is 12.8 Å². The van der Waals surface area contributed by atoms with Crippen molar-refractivity contribution in [2.24, 2.45) is 0 Å². The molecule has 3 N–H and O–H groups in total. The Balaban J connectivity index is 2.03. The topological polar surface area (TPSA) is 70.2 Å². The quantitative estimate of drug-likeness (QED) is 0.581. The van der Waals surface area contributed by atoms with Crippen molar-refractivity contribution in [2.45, 2.75) is 12.8 Å². The predicted molar refractivity (Wildman–Crippen MR) is 74.7 cm³/mol. The zero-order chi connectivity index (χ0) is 13.9. The number of hydrogen-bond acceptors (Lipinski definition) is 3. The van der Waals surface area contributed by atoms with E-state index in [0.29, 0.717) is 6.54 Å². The van der Waals surface area contributed by atoms with E-state index in [1.165, 1.54) is 5.56 Å². The molecule has 0 aliphatic carbocycles. The molecule has 5 heteroatoms. The van der Waals surface area contributed by atoms with Gasteiger partial charge in [-0.2, -0.15) is 0 Å². The molecule has 0 atom stereocenters. The van der Waals surface area contributed by atoms with Crippen LogP contribution in [0, 0.1) is 0 Å². The summed E-state index contributed by atoms with van der Waals surface area (Å²) in [7, 11) is 1.56. The van der Waals surface area contributed by atoms with Crippen LogP contribution < -0.4 is 16.0 Å². The molecule has 0 saturated heterocycles. The summed E-state index contributed by atoms with van der Waals surface area (Å²) in [6.45, 7) is 0.974. The highest BCUT2D eigenvalue weighted by Crippen LogP contribution is 2.01. The van der Waals surface area contributed by atoms with Crippen LogP contribution in [0.3, 0.4) is 0 Å². The molecule has 5 nitrogen and oxygen atoms in total. The minimum atomic E-state index is -0.128. The number of hydrogen-bond donors (Lipinski definition) is 3. The van der Waals surface area contributed by atoms with E-state index < -0.39 is 0 Å². The summed E-state index contributed by atoms with van der Waals surface area (Å²) in [5, 5.41) is 8.06. The van der Waals surface area contributed by atoms with E-state index in [-0.39, 0.29) is 24.9 Å². The van der Waals surface area contributed by atoms with Crippen LogP contribution in [-0.4, -0.2) is 38.5 Å². The first-order valence-electron chi connectivity index (χ1n) is 6.44. The molecule has 1 aromatic rings. The Bertz CT molecular complexity index is 393. The second-order valence-electron chi connectivity index (χ2n) is 4.22. The lowest BCUT2D eigenvalue weighted by atomic mass is 10.1. The van der Waals surface area contributed by atoms with Gasteiger partial charge in [0, 0.05) is 13.6 Å². The number of amides is 2. The molecule has 2 amide bonds. The van der Waals surface area contributed by atoms with Crippen LogP contribution in [0.5, 0.6) is 0 Å². The Morgan fingerprint density at radius 1 is 1.05 bits per heavy atom. The maximum absolute atomic E-state index is 11.4. The third-order valence-electron chi connectivity index (χ3n) is 2.66. The van der Waals surface area contributed by atoms with E-state index >= 15 is 0 Å². The molecule has 0 aromatic heterocycles. The molecule has 0 unspecified atom stereocenters. The minimum absolute atomic E-state index is 0.0861. The third-order valence-corrected chi connectivity index (χ3v) is 2.66. The highest BCUT2D eigenvalue weighted by Gasteiger charge is 2.02. The standard InChI is InChI=1S/C14H21N3O2/c1-15-13(18)10-16-11-14(19)17-9-5-8-12-6-3-2-4-7-12/h2-4,6-7,16H,5,8-11H2,1H3,(H,15,18)(H,17,19). The molecule has 0 radical (unpaired) electrons. The van der Waals surface area contributed by atoms with Gasteiger partial charge >= 0.3 is 0 Å². The fourth-order valence-electron chi connectivity index (χ4n) is 1.61. The lowest BCUT2D eigenvalue weighted by molar-refractivity contribution is -0.121. The van der Waals surface area contributed by atoms with Crippen LogP contribution in [0.25, 0.3) is 0 Å². The van der Waals surface area contributed by atoms with Crippen LogP contribution in [0.15, 0.2) is 30.3 Å². The molecule has 104 valence electrons. The SMILES string of the molecule is CNC(=O)CNCC(=O)NCCCc1ccccc1. The smallest absolute Gasteiger partial charge is 0.233 e. The number of rotatable bonds is 8. The second kappa shape index (κ2) is 9.10. The summed E-state index contributed by atoms with van der Waals surface area (Å²) in [6.07, 6.45) is 1.86. The van der Waals surface area contributed by atoms with Crippen LogP contribution in [0.2, 0.25) is 0 Å². The normalized spacial score (nSPS) is 9.95. The van der Waals surface area contributed by atoms with Gasteiger partial charge in [0.05, 0.1) is 13.1 Å². The Labute approximate surface area is 113 Å². The molecule has 0 heterocycles. The van der Waals surface area contributed by atoms with E-state index in [2.05, 4.69) is 28.1 Å². The fourth-order valence-corrected chi connectivity index (χ4v) is 1.61. The highest BCUT2D eigenvalue weighted by molar-refractivity contribution is 5.80. The Morgan fingerprint density at radius 3 is 2.42 bits per heavy atom. The predicted octanol–water partition coefficient (Wildman–Crippen LogP) is 0.0710. The number of carbonyl (C=O) groups excluding carboxylic acids is 2. The van der Waals surface area contributed by atoms with E-state index in [1.54, 1.807) is 7.05 Å². The molecule has 0 bridgehead atoms. The summed E-state index contributed by atoms with van der Waals surface area (Å²) in [5.41, 5.74) is 1.27. The van der Waals surface area contributed by atoms with Gasteiger partial charge in [-0.05, 0) is 18.4 Å². The van der Waals surface area contributed by atoms with Gasteiger partial charge in [0.1, 0.15) is 0 Å². The summed E-state index contributed by atoms with van der Waals surface area (Å²) < 4.78 is 0. The van der Waals surface area contributed by atoms with E-state index in [1.807, 2.05) is 18.2 Å². The number of carbonyl (C=O) groups is 2. The largest absolute Gasteiger partial charge is 0.358 e. The zero-order valence-electron chi connectivity index (χ0n) is 11.2. The van der Waals surface area contributed by atoms with Gasteiger partial charge in [-0.1, -0.05) is 30.3 Å². The number of benzene rings is 1. The first kappa shape index (κ1) is 15.2. The van der Waals surface area contributed by atoms with Crippen molar-refractivity contribution in [1.82, 2.24) is 16.0 Å². The van der Waals surface area contributed by atoms with Crippen LogP contribution in [-0.2, 0) is 16.0 Å². The maximum Gasteiger partial charge on any atom is 0.233 e. The number of aryl methyl sites for hydroxylation is 1. The fraction of sp³-hybridized carbons (Fsp3) is 0.429. The summed E-state index contributed by atoms with van der Waals surface area (Å²) in [6, 6.07) is 10.2. The van der Waals surface area contributed by atoms with Crippen LogP contribution in [0.1, 0.15) is 12.0 Å². The molecular weight excluding hydrogens is 242 g/mol. The van der Waals surface area contributed by atoms with Crippen molar-refractivity contribution < 1.29 is 9.59 Å². The van der Waals surface area contributed by atoms with E-state index in [4.69, 9.17) is 0 Å². The average Bonchev–Trinajstić information content (AvgIpc) is 2.44. The van der Waals surface area contributed by atoms with Crippen molar-refractivity contribution in [2.75, 3.05) is 26.7 Å². The molecule has 1 aromatic carbocycles. The Morgan fingerprint density at radius 2 is 1.74 bits per heavy atom. The Hall–Kier alpha value is -1.88. The Kier molecular flexibility index (Phi) is 7.27. The van der Waals surface area contributed by atoms with Crippen LogP contribution >= 0.6 is 0 Å². The van der Waals surface area contributed by atoms with Gasteiger partial charge in [-0.3, -0.25) is 14.9 Å². The molecular formula is C14H21N3O2. The number of nitrogens with one attached hydrogen (secondary N) is 3. The molecule has 0 fully saturated rings. The van der Waals surface area contributed by atoms with Crippen molar-refractivity contribution in [1.29, 1.82) is 0 Å². The zero-order valence-corrected chi connectivity index (χ0v) is 11.2. The van der Waals surface area contributed by atoms with Gasteiger partial charge in [-0.25, -0.2) is 0 Å². The molecule has 0 aliphatic rings. The summed E-state index contributed by atoms with van der Waals surface area (Å²) in [5.74, 6) is -0.214. The van der Waals surface area contributed by atoms with Gasteiger partial charge in [-0.15, -0.1) is 0 Å². The minimum Gasteiger partial charge on any atom is -0.358 e. The van der Waals surface area contributed by atoms with Gasteiger partial charge in [0.25, 0.3) is 0 Å². The van der Waals surface area contributed by atoms with Gasteiger partial charge in [0.2, 0.25) is 11.8 Å². The monoisotopic (exact) mass is 263 g/mol. The summed E-state index contributed by atoms with van der Waals surface area (Å²) >= 11 is 0. The molecule has 1 rings (SSSR count). The van der Waals surface area contributed by atoms with Crippen molar-refractivity contribution >= 4 is 11.8 Å². The van der Waals surface area contributed by atoms with E-state index in [9.17, 15) is 9.59 Å². The van der Waals surface area contributed by atoms with Gasteiger partial charge < -0.3 is 10.6 Å². The van der Waals surface area contributed by atoms with Crippen molar-refractivity contribution in [3.05, 3.63) is 35.9 Å². The second-order valence-corrected chi connectivity index (χ2v) is 4.22. The molecule has 0 aliphatic heterocycles. The van der Waals surface area contributed by atoms with Gasteiger partial charge in [0.15, 0.2) is 0 Å². The highest BCUT2D eigenvalue weighted by atomic mass is 16.2. The lowest BCUT2D eigenvalue weighted by Gasteiger charge is -2.06. The average molecular weight is 263 g/mol. The van der Waals surface area contributed by atoms with Crippen molar-refractivity contribution in [3.8, 4) is 0 Å². The van der Waals surface area contributed by atoms with Crippen LogP contribution in [0.4, 0.5) is 0 Å². The van der Waals surface area contributed by atoms with Crippen molar-refractivity contribution in [3.63, 3.8) is 0 Å². The third kappa shape index (κ3) is 7.21. The first-order valence-corrected chi connectivity index (χ1v) is 6.44. The first-order chi connectivity index (χ1) is 9.22. The molecule has 0 saturated carbocycles. The molecule has 0 spiro atoms. The lowest BCUT2D eigenvalue weighted by Crippen LogP contribution is -2.39. The molecule has 19 heavy (non-hydrogen) atoms.